The molecule has 2 aliphatic heterocycles. The lowest BCUT2D eigenvalue weighted by Crippen LogP contribution is -2.57. The molecule has 0 spiro atoms. The molecular formula is C35H36N4O16. The number of carbonyl (C=O) groups excluding carboxylic acids is 4. The number of phenols is 2. The van der Waals surface area contributed by atoms with E-state index in [-0.39, 0.29) is 60.2 Å². The number of amides is 1. The number of fused-ring (bicyclic) bond motifs is 4. The Balaban J connectivity index is 1.22. The van der Waals surface area contributed by atoms with Gasteiger partial charge in [0.15, 0.2) is 30.2 Å². The molecule has 4 aliphatic rings. The number of hydrogen-bond donors (Lipinski definition) is 4. The minimum Gasteiger partial charge on any atom is -0.507 e. The number of nitrogens with zero attached hydrogens (tertiary/aromatic N) is 4. The van der Waals surface area contributed by atoms with Crippen molar-refractivity contribution in [1.82, 2.24) is 14.5 Å². The minimum absolute atomic E-state index is 0.0484. The molecule has 1 amide bonds. The molecule has 0 bridgehead atoms. The quantitative estimate of drug-likeness (QED) is 0.112. The van der Waals surface area contributed by atoms with Gasteiger partial charge in [0.25, 0.3) is 0 Å². The Kier molecular flexibility index (Phi) is 9.82. The summed E-state index contributed by atoms with van der Waals surface area (Å²) in [6.07, 6.45) is -5.41. The third-order valence-electron chi connectivity index (χ3n) is 10.5. The number of ether oxygens (including phenoxy) is 6. The number of imidazole rings is 1. The molecule has 1 aromatic heterocycles. The van der Waals surface area contributed by atoms with Crippen LogP contribution < -0.4 is 4.74 Å². The summed E-state index contributed by atoms with van der Waals surface area (Å²) in [5.74, 6) is -4.61. The van der Waals surface area contributed by atoms with Crippen molar-refractivity contribution < 1.29 is 72.9 Å². The van der Waals surface area contributed by atoms with E-state index in [9.17, 15) is 49.7 Å². The van der Waals surface area contributed by atoms with Gasteiger partial charge >= 0.3 is 12.0 Å². The summed E-state index contributed by atoms with van der Waals surface area (Å²) in [7, 11) is 2.69. The molecule has 2 fully saturated rings. The molecule has 20 heteroatoms. The molecular weight excluding hydrogens is 732 g/mol. The van der Waals surface area contributed by atoms with Gasteiger partial charge in [-0.25, -0.2) is 9.36 Å². The first-order chi connectivity index (χ1) is 26.2. The largest absolute Gasteiger partial charge is 0.507 e. The number of Topliss-reactive ketones (excluding diaryl/α,β-unsaturated/α-hetero) is 1. The zero-order valence-corrected chi connectivity index (χ0v) is 29.6. The van der Waals surface area contributed by atoms with Crippen molar-refractivity contribution in [2.45, 2.75) is 69.0 Å². The van der Waals surface area contributed by atoms with E-state index in [0.717, 1.165) is 4.57 Å². The van der Waals surface area contributed by atoms with Crippen molar-refractivity contribution >= 4 is 29.4 Å². The highest BCUT2D eigenvalue weighted by atomic mass is 16.7. The Morgan fingerprint density at radius 2 is 1.89 bits per heavy atom. The zero-order valence-electron chi connectivity index (χ0n) is 29.6. The fourth-order valence-corrected chi connectivity index (χ4v) is 7.74. The molecule has 4 N–H and O–H groups in total. The Morgan fingerprint density at radius 1 is 1.15 bits per heavy atom. The Hall–Kier alpha value is -5.51. The van der Waals surface area contributed by atoms with Gasteiger partial charge < -0.3 is 59.0 Å². The van der Waals surface area contributed by atoms with Crippen LogP contribution in [0.4, 0.5) is 10.7 Å². The molecule has 0 radical (unpaired) electrons. The van der Waals surface area contributed by atoms with Crippen molar-refractivity contribution in [2.24, 2.45) is 7.05 Å². The predicted molar refractivity (Wildman–Crippen MR) is 179 cm³/mol. The third-order valence-corrected chi connectivity index (χ3v) is 10.5. The summed E-state index contributed by atoms with van der Waals surface area (Å²) in [4.78, 5) is 69.7. The van der Waals surface area contributed by atoms with E-state index in [1.807, 2.05) is 0 Å². The molecule has 2 saturated heterocycles. The number of aromatic hydroxyl groups is 2. The fourth-order valence-electron chi connectivity index (χ4n) is 7.74. The van der Waals surface area contributed by atoms with Crippen LogP contribution in [0.25, 0.3) is 0 Å². The summed E-state index contributed by atoms with van der Waals surface area (Å²) >= 11 is 0. The third kappa shape index (κ3) is 6.25. The van der Waals surface area contributed by atoms with Gasteiger partial charge in [-0.3, -0.25) is 19.3 Å². The summed E-state index contributed by atoms with van der Waals surface area (Å²) in [5.41, 5.74) is -3.93. The molecule has 6 unspecified atom stereocenters. The Bertz CT molecular complexity index is 2120. The molecule has 7 rings (SSSR count). The summed E-state index contributed by atoms with van der Waals surface area (Å²) in [5, 5.41) is 56.1. The molecule has 0 saturated carbocycles. The van der Waals surface area contributed by atoms with Crippen LogP contribution in [-0.2, 0) is 48.6 Å². The first-order valence-corrected chi connectivity index (χ1v) is 17.0. The summed E-state index contributed by atoms with van der Waals surface area (Å²) in [6, 6.07) is 3.44. The van der Waals surface area contributed by atoms with Crippen molar-refractivity contribution in [3.8, 4) is 17.2 Å². The van der Waals surface area contributed by atoms with E-state index in [2.05, 4.69) is 4.98 Å². The number of aliphatic hydroxyl groups is 2. The minimum atomic E-state index is -2.37. The average molecular weight is 769 g/mol. The van der Waals surface area contributed by atoms with Gasteiger partial charge in [0.1, 0.15) is 55.3 Å². The fraction of sp³-hybridized carbons (Fsp3) is 0.457. The van der Waals surface area contributed by atoms with Gasteiger partial charge in [-0.2, -0.15) is 0 Å². The van der Waals surface area contributed by atoms with Gasteiger partial charge in [0, 0.05) is 36.0 Å². The molecule has 20 nitrogen and oxygen atoms in total. The van der Waals surface area contributed by atoms with Gasteiger partial charge in [0.2, 0.25) is 5.78 Å². The van der Waals surface area contributed by atoms with Crippen LogP contribution in [0.15, 0.2) is 24.4 Å². The first-order valence-electron chi connectivity index (χ1n) is 17.0. The maximum absolute atomic E-state index is 14.0. The highest BCUT2D eigenvalue weighted by molar-refractivity contribution is 6.31. The average Bonchev–Trinajstić information content (AvgIpc) is 3.39. The topological polar surface area (TPSA) is 269 Å². The number of benzene rings is 2. The maximum atomic E-state index is 14.0. The lowest BCUT2D eigenvalue weighted by molar-refractivity contribution is -0.396. The van der Waals surface area contributed by atoms with E-state index in [1.54, 1.807) is 6.92 Å². The molecule has 292 valence electrons. The van der Waals surface area contributed by atoms with Crippen LogP contribution in [0.1, 0.15) is 74.5 Å². The van der Waals surface area contributed by atoms with Crippen LogP contribution in [0, 0.1) is 10.1 Å². The van der Waals surface area contributed by atoms with Crippen LogP contribution in [0.5, 0.6) is 17.2 Å². The van der Waals surface area contributed by atoms with Gasteiger partial charge in [-0.05, 0) is 17.9 Å². The van der Waals surface area contributed by atoms with Crippen LogP contribution in [0.3, 0.4) is 0 Å². The number of nitro groups is 1. The monoisotopic (exact) mass is 768 g/mol. The standard InChI is InChI=1S/C35H36N4O16/c1-15-32-19(38(13-51-14-53-32)34(46)52-12-16-10-36-33(37(16)2)39(48)49)7-23(54-15)55-21-9-35(47,22(41)11-40)8-18-25(21)31(45)27-26(29(18)43)28(42)17-5-4-6-20(50-3)24(17)30(27)44/h4-6,10,15,19,21,23,32,40,43,45,47H,7-9,11-14H2,1-3H3. The molecule has 6 atom stereocenters. The number of ketones is 3. The van der Waals surface area contributed by atoms with Crippen molar-refractivity contribution in [3.05, 3.63) is 73.6 Å². The van der Waals surface area contributed by atoms with E-state index in [1.165, 1.54) is 43.5 Å². The van der Waals surface area contributed by atoms with Gasteiger partial charge in [0.05, 0.1) is 49.1 Å². The lowest BCUT2D eigenvalue weighted by atomic mass is 9.72. The number of aromatic nitrogens is 2. The van der Waals surface area contributed by atoms with Crippen LogP contribution >= 0.6 is 0 Å². The smallest absolute Gasteiger partial charge is 0.434 e. The predicted octanol–water partition coefficient (Wildman–Crippen LogP) is 1.29. The van der Waals surface area contributed by atoms with Crippen molar-refractivity contribution in [3.63, 3.8) is 0 Å². The number of phenolic OH excluding ortho intramolecular Hbond substituents is 2. The maximum Gasteiger partial charge on any atom is 0.434 e. The van der Waals surface area contributed by atoms with Crippen molar-refractivity contribution in [2.75, 3.05) is 27.2 Å². The number of carbonyl (C=O) groups is 4. The Labute approximate surface area is 310 Å². The molecule has 55 heavy (non-hydrogen) atoms. The SMILES string of the molecule is COc1cccc2c1C(=O)c1c(O)c3c(c(O)c1C2=O)CC(O)(C(=O)CO)CC3OC1CC2C(OCOCN2C(=O)OCc2cnc([N+](=O)[O-])n2C)C(C)O1. The number of rotatable bonds is 8. The normalized spacial score (nSPS) is 25.9. The van der Waals surface area contributed by atoms with Gasteiger partial charge in [-0.15, -0.1) is 0 Å². The molecule has 2 aromatic carbocycles. The van der Waals surface area contributed by atoms with E-state index >= 15 is 0 Å². The second-order valence-corrected chi connectivity index (χ2v) is 13.5. The highest BCUT2D eigenvalue weighted by Crippen LogP contribution is 2.52. The van der Waals surface area contributed by atoms with Crippen LogP contribution in [0.2, 0.25) is 0 Å². The molecule has 3 aromatic rings. The second kappa shape index (κ2) is 14.3. The second-order valence-electron chi connectivity index (χ2n) is 13.5. The molecule has 2 aliphatic carbocycles. The first kappa shape index (κ1) is 37.8. The number of aliphatic hydroxyl groups excluding tert-OH is 1. The number of methoxy groups -OCH3 is 1. The number of hydrogen-bond acceptors (Lipinski definition) is 17. The summed E-state index contributed by atoms with van der Waals surface area (Å²) < 4.78 is 35.8. The zero-order chi connectivity index (χ0) is 39.5. The van der Waals surface area contributed by atoms with Gasteiger partial charge in [-0.1, -0.05) is 17.1 Å². The van der Waals surface area contributed by atoms with E-state index < -0.39 is 113 Å². The van der Waals surface area contributed by atoms with Crippen LogP contribution in [-0.4, -0.2) is 121 Å². The van der Waals surface area contributed by atoms with Crippen molar-refractivity contribution in [1.29, 1.82) is 0 Å². The van der Waals surface area contributed by atoms with E-state index in [4.69, 9.17) is 28.4 Å². The molecule has 3 heterocycles. The van der Waals surface area contributed by atoms with E-state index in [0.29, 0.717) is 0 Å². The highest BCUT2D eigenvalue weighted by Gasteiger charge is 2.51. The lowest BCUT2D eigenvalue weighted by Gasteiger charge is -2.44. The summed E-state index contributed by atoms with van der Waals surface area (Å²) in [6.45, 7) is -0.362. The Morgan fingerprint density at radius 3 is 2.58 bits per heavy atom.